The van der Waals surface area contributed by atoms with E-state index in [0.717, 1.165) is 30.4 Å². The molecule has 0 spiro atoms. The number of aryl methyl sites for hydroxylation is 1. The summed E-state index contributed by atoms with van der Waals surface area (Å²) in [5.74, 6) is 1.43. The molecule has 0 atom stereocenters. The molecule has 4 aliphatic rings. The van der Waals surface area contributed by atoms with Crippen LogP contribution in [-0.4, -0.2) is 35.5 Å². The monoisotopic (exact) mass is 406 g/mol. The van der Waals surface area contributed by atoms with Gasteiger partial charge in [-0.2, -0.15) is 5.26 Å². The van der Waals surface area contributed by atoms with Crippen LogP contribution in [0.25, 0.3) is 6.08 Å². The molecule has 0 unspecified atom stereocenters. The van der Waals surface area contributed by atoms with Crippen molar-refractivity contribution in [2.24, 2.45) is 17.8 Å². The Hall–Kier alpha value is -2.61. The van der Waals surface area contributed by atoms with Crippen molar-refractivity contribution in [3.63, 3.8) is 0 Å². The molecule has 0 N–H and O–H groups in total. The van der Waals surface area contributed by atoms with Crippen molar-refractivity contribution in [3.8, 4) is 6.07 Å². The smallest absolute Gasteiger partial charge is 0.331 e. The third-order valence-corrected chi connectivity index (χ3v) is 7.12. The minimum atomic E-state index is -0.518. The average Bonchev–Trinajstić information content (AvgIpc) is 2.70. The van der Waals surface area contributed by atoms with Crippen LogP contribution in [0.3, 0.4) is 0 Å². The van der Waals surface area contributed by atoms with Gasteiger partial charge in [0.2, 0.25) is 0 Å². The lowest BCUT2D eigenvalue weighted by atomic mass is 9.52. The van der Waals surface area contributed by atoms with Crippen LogP contribution in [-0.2, 0) is 14.3 Å². The van der Waals surface area contributed by atoms with E-state index in [1.807, 2.05) is 36.1 Å². The Kier molecular flexibility index (Phi) is 5.94. The summed E-state index contributed by atoms with van der Waals surface area (Å²) >= 11 is 0. The van der Waals surface area contributed by atoms with E-state index < -0.39 is 5.97 Å². The molecular formula is C25H30N2O3. The van der Waals surface area contributed by atoms with Crippen LogP contribution in [0, 0.1) is 36.0 Å². The van der Waals surface area contributed by atoms with Crippen LogP contribution in [0.1, 0.15) is 56.1 Å². The SMILES string of the molecule is Cc1cccc(/C=C/C(=O)OCC(=O)N(CCC#N)C23CC4CC(CC(C4)C2)C3)c1. The van der Waals surface area contributed by atoms with E-state index in [9.17, 15) is 9.59 Å². The molecule has 4 bridgehead atoms. The highest BCUT2D eigenvalue weighted by Gasteiger charge is 2.54. The fourth-order valence-electron chi connectivity index (χ4n) is 6.38. The molecule has 1 aromatic rings. The summed E-state index contributed by atoms with van der Waals surface area (Å²) in [5, 5.41) is 9.11. The molecule has 5 heteroatoms. The van der Waals surface area contributed by atoms with Gasteiger partial charge < -0.3 is 9.64 Å². The van der Waals surface area contributed by atoms with Crippen molar-refractivity contribution in [3.05, 3.63) is 41.5 Å². The van der Waals surface area contributed by atoms with E-state index in [0.29, 0.717) is 30.7 Å². The molecule has 1 aromatic carbocycles. The highest BCUT2D eigenvalue weighted by Crippen LogP contribution is 2.57. The van der Waals surface area contributed by atoms with E-state index >= 15 is 0 Å². The molecule has 0 radical (unpaired) electrons. The summed E-state index contributed by atoms with van der Waals surface area (Å²) in [6, 6.07) is 10.0. The van der Waals surface area contributed by atoms with Crippen molar-refractivity contribution in [1.29, 1.82) is 5.26 Å². The number of nitriles is 1. The van der Waals surface area contributed by atoms with Gasteiger partial charge in [-0.15, -0.1) is 0 Å². The standard InChI is InChI=1S/C25H30N2O3/c1-18-4-2-5-19(10-18)6-7-24(29)30-17-23(28)27(9-3-8-26)25-14-20-11-21(15-25)13-22(12-20)16-25/h2,4-7,10,20-22H,3,9,11-17H2,1H3/b7-6+. The predicted octanol–water partition coefficient (Wildman–Crippen LogP) is 4.26. The molecule has 4 fully saturated rings. The van der Waals surface area contributed by atoms with Gasteiger partial charge >= 0.3 is 5.97 Å². The van der Waals surface area contributed by atoms with Crippen LogP contribution >= 0.6 is 0 Å². The number of hydrogen-bond donors (Lipinski definition) is 0. The number of benzene rings is 1. The molecular weight excluding hydrogens is 376 g/mol. The van der Waals surface area contributed by atoms with Gasteiger partial charge in [0.05, 0.1) is 12.5 Å². The van der Waals surface area contributed by atoms with E-state index in [2.05, 4.69) is 6.07 Å². The fourth-order valence-corrected chi connectivity index (χ4v) is 6.38. The molecule has 4 saturated carbocycles. The second-order valence-corrected chi connectivity index (χ2v) is 9.45. The number of rotatable bonds is 7. The lowest BCUT2D eigenvalue weighted by Gasteiger charge is -2.60. The van der Waals surface area contributed by atoms with Crippen LogP contribution in [0.15, 0.2) is 30.3 Å². The van der Waals surface area contributed by atoms with Crippen molar-refractivity contribution < 1.29 is 14.3 Å². The maximum Gasteiger partial charge on any atom is 0.331 e. The number of carbonyl (C=O) groups is 2. The number of nitrogens with zero attached hydrogens (tertiary/aromatic N) is 2. The molecule has 158 valence electrons. The molecule has 1 amide bonds. The fraction of sp³-hybridized carbons (Fsp3) is 0.560. The van der Waals surface area contributed by atoms with Gasteiger partial charge in [0, 0.05) is 18.2 Å². The summed E-state index contributed by atoms with van der Waals surface area (Å²) in [7, 11) is 0. The minimum absolute atomic E-state index is 0.132. The van der Waals surface area contributed by atoms with Gasteiger partial charge in [-0.25, -0.2) is 4.79 Å². The third kappa shape index (κ3) is 4.43. The molecule has 30 heavy (non-hydrogen) atoms. The Labute approximate surface area is 178 Å². The van der Waals surface area contributed by atoms with Gasteiger partial charge in [-0.1, -0.05) is 29.8 Å². The Morgan fingerprint density at radius 1 is 1.20 bits per heavy atom. The topological polar surface area (TPSA) is 70.4 Å². The van der Waals surface area contributed by atoms with E-state index in [1.54, 1.807) is 6.08 Å². The summed E-state index contributed by atoms with van der Waals surface area (Å²) < 4.78 is 5.28. The highest BCUT2D eigenvalue weighted by atomic mass is 16.5. The summed E-state index contributed by atoms with van der Waals surface area (Å²) in [4.78, 5) is 27.2. The predicted molar refractivity (Wildman–Crippen MR) is 114 cm³/mol. The Bertz CT molecular complexity index is 847. The molecule has 0 heterocycles. The van der Waals surface area contributed by atoms with E-state index in [-0.39, 0.29) is 18.1 Å². The van der Waals surface area contributed by atoms with E-state index in [1.165, 1.54) is 25.3 Å². The molecule has 0 saturated heterocycles. The number of carbonyl (C=O) groups excluding carboxylic acids is 2. The molecule has 5 rings (SSSR count). The number of hydrogen-bond acceptors (Lipinski definition) is 4. The molecule has 4 aliphatic carbocycles. The first-order valence-corrected chi connectivity index (χ1v) is 11.1. The van der Waals surface area contributed by atoms with Crippen LogP contribution in [0.4, 0.5) is 0 Å². The van der Waals surface area contributed by atoms with Crippen molar-refractivity contribution >= 4 is 18.0 Å². The minimum Gasteiger partial charge on any atom is -0.452 e. The van der Waals surface area contributed by atoms with Gasteiger partial charge in [0.25, 0.3) is 5.91 Å². The Morgan fingerprint density at radius 2 is 1.87 bits per heavy atom. The van der Waals surface area contributed by atoms with Crippen molar-refractivity contribution in [2.45, 2.75) is 57.4 Å². The van der Waals surface area contributed by atoms with Crippen molar-refractivity contribution in [1.82, 2.24) is 4.90 Å². The quantitative estimate of drug-likeness (QED) is 0.501. The molecule has 5 nitrogen and oxygen atoms in total. The van der Waals surface area contributed by atoms with Crippen LogP contribution in [0.2, 0.25) is 0 Å². The average molecular weight is 407 g/mol. The first-order chi connectivity index (χ1) is 14.5. The summed E-state index contributed by atoms with van der Waals surface area (Å²) in [6.45, 7) is 2.16. The second kappa shape index (κ2) is 8.63. The van der Waals surface area contributed by atoms with Gasteiger partial charge in [0.1, 0.15) is 0 Å². The van der Waals surface area contributed by atoms with Crippen LogP contribution < -0.4 is 0 Å². The first-order valence-electron chi connectivity index (χ1n) is 11.1. The zero-order valence-corrected chi connectivity index (χ0v) is 17.7. The van der Waals surface area contributed by atoms with Crippen LogP contribution in [0.5, 0.6) is 0 Å². The van der Waals surface area contributed by atoms with Crippen molar-refractivity contribution in [2.75, 3.05) is 13.2 Å². The maximum atomic E-state index is 13.1. The molecule has 0 aromatic heterocycles. The van der Waals surface area contributed by atoms with Gasteiger partial charge in [0.15, 0.2) is 6.61 Å². The normalized spacial score (nSPS) is 29.0. The summed E-state index contributed by atoms with van der Waals surface area (Å²) in [6.07, 6.45) is 10.4. The van der Waals surface area contributed by atoms with E-state index in [4.69, 9.17) is 10.00 Å². The Morgan fingerprint density at radius 3 is 2.47 bits per heavy atom. The zero-order valence-electron chi connectivity index (χ0n) is 17.7. The number of esters is 1. The lowest BCUT2D eigenvalue weighted by molar-refractivity contribution is -0.160. The second-order valence-electron chi connectivity index (χ2n) is 9.45. The third-order valence-electron chi connectivity index (χ3n) is 7.12. The zero-order chi connectivity index (χ0) is 21.1. The largest absolute Gasteiger partial charge is 0.452 e. The molecule has 0 aliphatic heterocycles. The van der Waals surface area contributed by atoms with Gasteiger partial charge in [-0.05, 0) is 74.8 Å². The number of ether oxygens (including phenoxy) is 1. The number of amides is 1. The first kappa shape index (κ1) is 20.7. The highest BCUT2D eigenvalue weighted by molar-refractivity contribution is 5.89. The Balaban J connectivity index is 1.39. The van der Waals surface area contributed by atoms with Gasteiger partial charge in [-0.3, -0.25) is 4.79 Å². The maximum absolute atomic E-state index is 13.1. The lowest BCUT2D eigenvalue weighted by Crippen LogP contribution is -2.62. The summed E-state index contributed by atoms with van der Waals surface area (Å²) in [5.41, 5.74) is 1.90.